The highest BCUT2D eigenvalue weighted by Gasteiger charge is 2.11. The summed E-state index contributed by atoms with van der Waals surface area (Å²) in [5.41, 5.74) is 1.26. The zero-order valence-corrected chi connectivity index (χ0v) is 9.27. The van der Waals surface area contributed by atoms with E-state index >= 15 is 0 Å². The highest BCUT2D eigenvalue weighted by molar-refractivity contribution is 5.64. The number of ether oxygens (including phenoxy) is 1. The number of halogens is 1. The quantitative estimate of drug-likeness (QED) is 0.795. The summed E-state index contributed by atoms with van der Waals surface area (Å²) in [7, 11) is 1.80. The van der Waals surface area contributed by atoms with Crippen LogP contribution in [-0.2, 0) is 7.05 Å². The lowest BCUT2D eigenvalue weighted by Gasteiger charge is -2.07. The van der Waals surface area contributed by atoms with Crippen molar-refractivity contribution in [2.24, 2.45) is 7.05 Å². The molecule has 1 heterocycles. The summed E-state index contributed by atoms with van der Waals surface area (Å²) in [6, 6.07) is 5.12. The van der Waals surface area contributed by atoms with E-state index in [1.807, 2.05) is 6.92 Å². The molecule has 0 N–H and O–H groups in total. The third-order valence-electron chi connectivity index (χ3n) is 2.28. The van der Waals surface area contributed by atoms with Gasteiger partial charge in [0.2, 0.25) is 0 Å². The van der Waals surface area contributed by atoms with E-state index in [1.165, 1.54) is 0 Å². The summed E-state index contributed by atoms with van der Waals surface area (Å²) in [6.07, 6.45) is 3.41. The maximum Gasteiger partial charge on any atom is 0.172 e. The molecule has 0 aliphatic carbocycles. The van der Waals surface area contributed by atoms with E-state index in [-0.39, 0.29) is 11.6 Å². The Bertz CT molecular complexity index is 494. The Kier molecular flexibility index (Phi) is 2.90. The van der Waals surface area contributed by atoms with E-state index in [0.717, 1.165) is 5.56 Å². The average Bonchev–Trinajstić information content (AvgIpc) is 2.68. The van der Waals surface area contributed by atoms with E-state index in [2.05, 4.69) is 5.10 Å². The summed E-state index contributed by atoms with van der Waals surface area (Å²) >= 11 is 0. The Morgan fingerprint density at radius 3 is 2.88 bits per heavy atom. The number of benzene rings is 1. The highest BCUT2D eigenvalue weighted by Crippen LogP contribution is 2.28. The van der Waals surface area contributed by atoms with Gasteiger partial charge in [0, 0.05) is 24.4 Å². The van der Waals surface area contributed by atoms with E-state index in [0.29, 0.717) is 12.2 Å². The smallest absolute Gasteiger partial charge is 0.172 e. The van der Waals surface area contributed by atoms with Gasteiger partial charge in [0.15, 0.2) is 11.6 Å². The summed E-state index contributed by atoms with van der Waals surface area (Å²) in [5, 5.41) is 4.02. The van der Waals surface area contributed by atoms with Crippen molar-refractivity contribution in [3.8, 4) is 16.9 Å². The molecule has 16 heavy (non-hydrogen) atoms. The lowest BCUT2D eigenvalue weighted by atomic mass is 10.1. The normalized spacial score (nSPS) is 10.4. The van der Waals surface area contributed by atoms with Gasteiger partial charge in [-0.05, 0) is 13.0 Å². The van der Waals surface area contributed by atoms with Crippen LogP contribution in [0.1, 0.15) is 6.92 Å². The van der Waals surface area contributed by atoms with E-state index in [9.17, 15) is 4.39 Å². The predicted octanol–water partition coefficient (Wildman–Crippen LogP) is 2.62. The van der Waals surface area contributed by atoms with E-state index < -0.39 is 0 Å². The van der Waals surface area contributed by atoms with E-state index in [4.69, 9.17) is 4.74 Å². The lowest BCUT2D eigenvalue weighted by Crippen LogP contribution is -1.95. The van der Waals surface area contributed by atoms with E-state index in [1.54, 1.807) is 42.3 Å². The van der Waals surface area contributed by atoms with Crippen LogP contribution in [0.3, 0.4) is 0 Å². The van der Waals surface area contributed by atoms with Crippen LogP contribution >= 0.6 is 0 Å². The summed E-state index contributed by atoms with van der Waals surface area (Å²) in [4.78, 5) is 0. The molecule has 1 aromatic heterocycles. The molecule has 0 spiro atoms. The number of nitrogens with zero attached hydrogens (tertiary/aromatic N) is 2. The molecular formula is C12H13FN2O. The molecule has 84 valence electrons. The molecule has 4 heteroatoms. The van der Waals surface area contributed by atoms with Crippen LogP contribution in [0, 0.1) is 5.82 Å². The second-order valence-electron chi connectivity index (χ2n) is 3.45. The molecule has 3 nitrogen and oxygen atoms in total. The minimum absolute atomic E-state index is 0.281. The number of aryl methyl sites for hydroxylation is 1. The first-order valence-electron chi connectivity index (χ1n) is 5.12. The Balaban J connectivity index is 2.45. The van der Waals surface area contributed by atoms with Crippen molar-refractivity contribution < 1.29 is 9.13 Å². The van der Waals surface area contributed by atoms with Gasteiger partial charge < -0.3 is 4.74 Å². The highest BCUT2D eigenvalue weighted by atomic mass is 19.1. The minimum atomic E-state index is -0.336. The zero-order chi connectivity index (χ0) is 11.5. The first-order valence-corrected chi connectivity index (χ1v) is 5.12. The molecule has 0 fully saturated rings. The van der Waals surface area contributed by atoms with Crippen LogP contribution < -0.4 is 4.74 Å². The molecule has 0 atom stereocenters. The maximum absolute atomic E-state index is 14.0. The van der Waals surface area contributed by atoms with Gasteiger partial charge in [-0.15, -0.1) is 0 Å². The van der Waals surface area contributed by atoms with Gasteiger partial charge in [-0.3, -0.25) is 4.68 Å². The molecule has 0 bridgehead atoms. The van der Waals surface area contributed by atoms with Crippen LogP contribution in [0.15, 0.2) is 30.6 Å². The molecule has 0 aliphatic rings. The molecule has 0 aliphatic heterocycles. The Morgan fingerprint density at radius 1 is 1.44 bits per heavy atom. The second kappa shape index (κ2) is 4.35. The van der Waals surface area contributed by atoms with Gasteiger partial charge in [-0.25, -0.2) is 4.39 Å². The maximum atomic E-state index is 14.0. The Labute approximate surface area is 93.5 Å². The van der Waals surface area contributed by atoms with Crippen molar-refractivity contribution in [3.05, 3.63) is 36.4 Å². The van der Waals surface area contributed by atoms with Crippen LogP contribution in [-0.4, -0.2) is 16.4 Å². The van der Waals surface area contributed by atoms with Gasteiger partial charge in [0.1, 0.15) is 0 Å². The van der Waals surface area contributed by atoms with Gasteiger partial charge >= 0.3 is 0 Å². The number of hydrogen-bond donors (Lipinski definition) is 0. The monoisotopic (exact) mass is 220 g/mol. The first-order chi connectivity index (χ1) is 7.72. The number of aromatic nitrogens is 2. The molecule has 0 saturated carbocycles. The fourth-order valence-corrected chi connectivity index (χ4v) is 1.56. The molecule has 0 saturated heterocycles. The van der Waals surface area contributed by atoms with Crippen molar-refractivity contribution >= 4 is 0 Å². The average molecular weight is 220 g/mol. The van der Waals surface area contributed by atoms with Gasteiger partial charge in [-0.2, -0.15) is 5.10 Å². The third-order valence-corrected chi connectivity index (χ3v) is 2.28. The SMILES string of the molecule is CCOc1cccc(-c2cnn(C)c2)c1F. The number of rotatable bonds is 3. The topological polar surface area (TPSA) is 27.1 Å². The van der Waals surface area contributed by atoms with Crippen LogP contribution in [0.2, 0.25) is 0 Å². The molecule has 1 aromatic carbocycles. The second-order valence-corrected chi connectivity index (χ2v) is 3.45. The molecule has 0 unspecified atom stereocenters. The fourth-order valence-electron chi connectivity index (χ4n) is 1.56. The van der Waals surface area contributed by atoms with Crippen molar-refractivity contribution in [2.75, 3.05) is 6.61 Å². The molecule has 2 aromatic rings. The van der Waals surface area contributed by atoms with Crippen molar-refractivity contribution in [2.45, 2.75) is 6.92 Å². The summed E-state index contributed by atoms with van der Waals surface area (Å²) < 4.78 is 20.8. The lowest BCUT2D eigenvalue weighted by molar-refractivity contribution is 0.322. The molecule has 0 amide bonds. The van der Waals surface area contributed by atoms with Gasteiger partial charge in [0.25, 0.3) is 0 Å². The standard InChI is InChI=1S/C12H13FN2O/c1-3-16-11-6-4-5-10(12(11)13)9-7-14-15(2)8-9/h4-8H,3H2,1-2H3. The summed E-state index contributed by atoms with van der Waals surface area (Å²) in [6.45, 7) is 2.28. The van der Waals surface area contributed by atoms with Crippen LogP contribution in [0.4, 0.5) is 4.39 Å². The van der Waals surface area contributed by atoms with Gasteiger partial charge in [-0.1, -0.05) is 12.1 Å². The zero-order valence-electron chi connectivity index (χ0n) is 9.27. The summed E-state index contributed by atoms with van der Waals surface area (Å²) in [5.74, 6) is -0.0544. The Morgan fingerprint density at radius 2 is 2.25 bits per heavy atom. The largest absolute Gasteiger partial charge is 0.491 e. The first kappa shape index (κ1) is 10.7. The van der Waals surface area contributed by atoms with Crippen LogP contribution in [0.5, 0.6) is 5.75 Å². The van der Waals surface area contributed by atoms with Crippen molar-refractivity contribution in [1.82, 2.24) is 9.78 Å². The molecule has 2 rings (SSSR count). The van der Waals surface area contributed by atoms with Crippen molar-refractivity contribution in [3.63, 3.8) is 0 Å². The Hall–Kier alpha value is -1.84. The molecule has 0 radical (unpaired) electrons. The van der Waals surface area contributed by atoms with Gasteiger partial charge in [0.05, 0.1) is 12.8 Å². The van der Waals surface area contributed by atoms with Crippen molar-refractivity contribution in [1.29, 1.82) is 0 Å². The third kappa shape index (κ3) is 1.91. The fraction of sp³-hybridized carbons (Fsp3) is 0.250. The predicted molar refractivity (Wildman–Crippen MR) is 59.8 cm³/mol. The minimum Gasteiger partial charge on any atom is -0.491 e. The van der Waals surface area contributed by atoms with Crippen LogP contribution in [0.25, 0.3) is 11.1 Å². The number of hydrogen-bond acceptors (Lipinski definition) is 2. The molecular weight excluding hydrogens is 207 g/mol.